The van der Waals surface area contributed by atoms with Crippen LogP contribution in [-0.2, 0) is 11.3 Å². The Hall–Kier alpha value is -4.07. The number of ether oxygens (including phenoxy) is 3. The average molecular weight is 493 g/mol. The Kier molecular flexibility index (Phi) is 7.73. The second-order valence-corrected chi connectivity index (χ2v) is 8.60. The van der Waals surface area contributed by atoms with E-state index in [1.165, 1.54) is 12.1 Å². The van der Waals surface area contributed by atoms with Crippen molar-refractivity contribution in [3.05, 3.63) is 89.2 Å². The van der Waals surface area contributed by atoms with E-state index in [1.54, 1.807) is 74.8 Å². The van der Waals surface area contributed by atoms with Crippen molar-refractivity contribution in [3.8, 4) is 17.2 Å². The number of likely N-dealkylation sites (tertiary alicyclic amines) is 1. The van der Waals surface area contributed by atoms with E-state index < -0.39 is 5.92 Å². The van der Waals surface area contributed by atoms with Crippen LogP contribution in [0.25, 0.3) is 0 Å². The number of carbonyl (C=O) groups excluding carboxylic acids is 2. The number of methoxy groups -OCH3 is 3. The Bertz CT molecular complexity index is 1210. The molecule has 1 saturated heterocycles. The van der Waals surface area contributed by atoms with Gasteiger partial charge in [-0.15, -0.1) is 0 Å². The summed E-state index contributed by atoms with van der Waals surface area (Å²) in [5.74, 6) is 0.382. The Morgan fingerprint density at radius 1 is 0.889 bits per heavy atom. The molecule has 1 N–H and O–H groups in total. The van der Waals surface area contributed by atoms with Gasteiger partial charge >= 0.3 is 0 Å². The summed E-state index contributed by atoms with van der Waals surface area (Å²) >= 11 is 0. The molecule has 0 unspecified atom stereocenters. The topological polar surface area (TPSA) is 77.1 Å². The Balaban J connectivity index is 1.61. The fourth-order valence-electron chi connectivity index (χ4n) is 4.52. The summed E-state index contributed by atoms with van der Waals surface area (Å²) in [6.07, 6.45) is 0. The molecule has 0 bridgehead atoms. The smallest absolute Gasteiger partial charge is 0.253 e. The number of hydrogen-bond donors (Lipinski definition) is 1. The lowest BCUT2D eigenvalue weighted by molar-refractivity contribution is -0.125. The first-order chi connectivity index (χ1) is 17.4. The zero-order valence-electron chi connectivity index (χ0n) is 20.5. The van der Waals surface area contributed by atoms with Crippen LogP contribution in [0.4, 0.5) is 4.39 Å². The highest BCUT2D eigenvalue weighted by Gasteiger charge is 2.42. The molecule has 8 heteroatoms. The lowest BCUT2D eigenvalue weighted by Gasteiger charge is -2.21. The molecule has 0 saturated carbocycles. The number of hydrogen-bond acceptors (Lipinski definition) is 5. The maximum atomic E-state index is 13.4. The number of nitrogens with zero attached hydrogens (tertiary/aromatic N) is 1. The molecular formula is C28H29FN2O5. The van der Waals surface area contributed by atoms with Crippen molar-refractivity contribution in [2.75, 3.05) is 34.4 Å². The average Bonchev–Trinajstić information content (AvgIpc) is 3.37. The van der Waals surface area contributed by atoms with Crippen molar-refractivity contribution < 1.29 is 28.2 Å². The summed E-state index contributed by atoms with van der Waals surface area (Å²) in [7, 11) is 4.72. The predicted molar refractivity (Wildman–Crippen MR) is 133 cm³/mol. The van der Waals surface area contributed by atoms with Crippen molar-refractivity contribution >= 4 is 11.8 Å². The molecule has 0 aliphatic carbocycles. The summed E-state index contributed by atoms with van der Waals surface area (Å²) in [5.41, 5.74) is 2.09. The molecule has 1 fully saturated rings. The summed E-state index contributed by atoms with van der Waals surface area (Å²) < 4.78 is 29.4. The van der Waals surface area contributed by atoms with Crippen molar-refractivity contribution in [1.82, 2.24) is 10.2 Å². The van der Waals surface area contributed by atoms with Crippen molar-refractivity contribution in [2.24, 2.45) is 5.92 Å². The summed E-state index contributed by atoms with van der Waals surface area (Å²) in [5, 5.41) is 2.95. The van der Waals surface area contributed by atoms with Gasteiger partial charge in [0, 0.05) is 36.7 Å². The van der Waals surface area contributed by atoms with Crippen molar-refractivity contribution in [1.29, 1.82) is 0 Å². The molecule has 36 heavy (non-hydrogen) atoms. The number of rotatable bonds is 8. The lowest BCUT2D eigenvalue weighted by atomic mass is 9.87. The standard InChI is InChI=1S/C28H29FN2O5/c1-34-21-10-6-19(7-11-21)28(33)31-16-24(23-14-22(35-2)12-13-26(23)36-3)25(17-31)27(32)30-15-18-4-8-20(29)9-5-18/h4-14,24-25H,15-17H2,1-3H3,(H,30,32)/t24-,25-/m0/s1. The maximum Gasteiger partial charge on any atom is 0.253 e. The zero-order chi connectivity index (χ0) is 25.7. The van der Waals surface area contributed by atoms with Gasteiger partial charge in [0.05, 0.1) is 27.2 Å². The molecule has 0 radical (unpaired) electrons. The highest BCUT2D eigenvalue weighted by atomic mass is 19.1. The molecule has 7 nitrogen and oxygen atoms in total. The first kappa shape index (κ1) is 25.0. The minimum absolute atomic E-state index is 0.168. The molecule has 0 aromatic heterocycles. The normalized spacial score (nSPS) is 16.9. The lowest BCUT2D eigenvalue weighted by Crippen LogP contribution is -2.35. The number of amides is 2. The van der Waals surface area contributed by atoms with E-state index in [9.17, 15) is 14.0 Å². The quantitative estimate of drug-likeness (QED) is 0.514. The van der Waals surface area contributed by atoms with Crippen LogP contribution in [0.1, 0.15) is 27.4 Å². The second kappa shape index (κ2) is 11.1. The van der Waals surface area contributed by atoms with Gasteiger partial charge in [-0.2, -0.15) is 0 Å². The van der Waals surface area contributed by atoms with Gasteiger partial charge in [0.1, 0.15) is 23.1 Å². The minimum Gasteiger partial charge on any atom is -0.497 e. The van der Waals surface area contributed by atoms with Gasteiger partial charge in [-0.3, -0.25) is 9.59 Å². The molecular weight excluding hydrogens is 463 g/mol. The molecule has 3 aromatic carbocycles. The minimum atomic E-state index is -0.520. The van der Waals surface area contributed by atoms with Crippen molar-refractivity contribution in [2.45, 2.75) is 12.5 Å². The van der Waals surface area contributed by atoms with E-state index >= 15 is 0 Å². The molecule has 0 spiro atoms. The molecule has 1 aliphatic rings. The molecule has 2 amide bonds. The van der Waals surface area contributed by atoms with Gasteiger partial charge in [0.15, 0.2) is 0 Å². The monoisotopic (exact) mass is 492 g/mol. The number of carbonyl (C=O) groups is 2. The number of nitrogens with one attached hydrogen (secondary N) is 1. The van der Waals surface area contributed by atoms with Crippen LogP contribution in [0.2, 0.25) is 0 Å². The zero-order valence-corrected chi connectivity index (χ0v) is 20.5. The summed E-state index contributed by atoms with van der Waals surface area (Å²) in [6, 6.07) is 18.3. The molecule has 188 valence electrons. The fraction of sp³-hybridized carbons (Fsp3) is 0.286. The highest BCUT2D eigenvalue weighted by molar-refractivity contribution is 5.95. The number of benzene rings is 3. The van der Waals surface area contributed by atoms with Crippen LogP contribution < -0.4 is 19.5 Å². The number of halogens is 1. The molecule has 1 aliphatic heterocycles. The maximum absolute atomic E-state index is 13.4. The SMILES string of the molecule is COc1ccc(C(=O)N2C[C@H](C(=O)NCc3ccc(F)cc3)[C@H](c3cc(OC)ccc3OC)C2)cc1. The fourth-order valence-corrected chi connectivity index (χ4v) is 4.52. The van der Waals surface area contributed by atoms with E-state index in [0.29, 0.717) is 29.4 Å². The highest BCUT2D eigenvalue weighted by Crippen LogP contribution is 2.40. The van der Waals surface area contributed by atoms with Gasteiger partial charge < -0.3 is 24.4 Å². The Morgan fingerprint density at radius 3 is 2.19 bits per heavy atom. The third kappa shape index (κ3) is 5.43. The van der Waals surface area contributed by atoms with E-state index in [4.69, 9.17) is 14.2 Å². The van der Waals surface area contributed by atoms with Crippen LogP contribution in [-0.4, -0.2) is 51.1 Å². The Labute approximate surface area is 209 Å². The van der Waals surface area contributed by atoms with Crippen molar-refractivity contribution in [3.63, 3.8) is 0 Å². The van der Waals surface area contributed by atoms with E-state index in [1.807, 2.05) is 6.07 Å². The van der Waals surface area contributed by atoms with Crippen LogP contribution in [0.5, 0.6) is 17.2 Å². The third-order valence-corrected chi connectivity index (χ3v) is 6.50. The third-order valence-electron chi connectivity index (χ3n) is 6.50. The van der Waals surface area contributed by atoms with Gasteiger partial charge in [0.25, 0.3) is 5.91 Å². The second-order valence-electron chi connectivity index (χ2n) is 8.60. The summed E-state index contributed by atoms with van der Waals surface area (Å²) in [6.45, 7) is 0.832. The van der Waals surface area contributed by atoms with Gasteiger partial charge in [-0.1, -0.05) is 12.1 Å². The van der Waals surface area contributed by atoms with Crippen LogP contribution in [0.3, 0.4) is 0 Å². The predicted octanol–water partition coefficient (Wildman–Crippen LogP) is 4.02. The van der Waals surface area contributed by atoms with Crippen LogP contribution in [0.15, 0.2) is 66.7 Å². The van der Waals surface area contributed by atoms with Gasteiger partial charge in [0.2, 0.25) is 5.91 Å². The molecule has 4 rings (SSSR count). The summed E-state index contributed by atoms with van der Waals surface area (Å²) in [4.78, 5) is 28.4. The molecule has 3 aromatic rings. The largest absolute Gasteiger partial charge is 0.497 e. The first-order valence-electron chi connectivity index (χ1n) is 11.6. The first-order valence-corrected chi connectivity index (χ1v) is 11.6. The van der Waals surface area contributed by atoms with E-state index in [2.05, 4.69) is 5.32 Å². The Morgan fingerprint density at radius 2 is 1.56 bits per heavy atom. The van der Waals surface area contributed by atoms with Crippen LogP contribution >= 0.6 is 0 Å². The van der Waals surface area contributed by atoms with Gasteiger partial charge in [-0.25, -0.2) is 4.39 Å². The van der Waals surface area contributed by atoms with Crippen LogP contribution in [0, 0.1) is 11.7 Å². The van der Waals surface area contributed by atoms with Gasteiger partial charge in [-0.05, 0) is 60.2 Å². The molecule has 1 heterocycles. The van der Waals surface area contributed by atoms with E-state index in [-0.39, 0.29) is 36.6 Å². The molecule has 2 atom stereocenters. The van der Waals surface area contributed by atoms with E-state index in [0.717, 1.165) is 11.1 Å².